The van der Waals surface area contributed by atoms with Crippen molar-refractivity contribution in [1.82, 2.24) is 4.40 Å². The fraction of sp³-hybridized carbons (Fsp3) is 0.0588. The maximum absolute atomic E-state index is 2.57. The Morgan fingerprint density at radius 3 is 2.17 bits per heavy atom. The summed E-state index contributed by atoms with van der Waals surface area (Å²) < 4.78 is 2.57. The first kappa shape index (κ1) is 18.0. The molecule has 0 aliphatic heterocycles. The Balaban J connectivity index is 1.56. The van der Waals surface area contributed by atoms with E-state index in [1.807, 2.05) is 0 Å². The van der Waals surface area contributed by atoms with E-state index in [0.717, 1.165) is 12.8 Å². The molecule has 5 aromatic carbocycles. The van der Waals surface area contributed by atoms with Gasteiger partial charge in [0.2, 0.25) is 0 Å². The molecule has 2 aromatic heterocycles. The number of benzene rings is 5. The zero-order valence-corrected chi connectivity index (χ0v) is 19.2. The molecule has 1 nitrogen and oxygen atoms in total. The summed E-state index contributed by atoms with van der Waals surface area (Å²) in [6, 6.07) is 38.6. The van der Waals surface area contributed by atoms with E-state index in [2.05, 4.69) is 108 Å². The first-order valence-electron chi connectivity index (χ1n) is 12.5. The van der Waals surface area contributed by atoms with Crippen molar-refractivity contribution < 1.29 is 0 Å². The van der Waals surface area contributed by atoms with E-state index >= 15 is 0 Å². The first-order chi connectivity index (χ1) is 17.4. The summed E-state index contributed by atoms with van der Waals surface area (Å²) in [5.74, 6) is 0. The van der Waals surface area contributed by atoms with Crippen molar-refractivity contribution >= 4 is 38.1 Å². The lowest BCUT2D eigenvalue weighted by atomic mass is 9.93. The highest BCUT2D eigenvalue weighted by Gasteiger charge is 2.27. The van der Waals surface area contributed by atoms with Crippen LogP contribution in [0.15, 0.2) is 103 Å². The Morgan fingerprint density at radius 2 is 1.26 bits per heavy atom. The summed E-state index contributed by atoms with van der Waals surface area (Å²) in [6.07, 6.45) is 2.01. The van der Waals surface area contributed by atoms with E-state index in [0.29, 0.717) is 0 Å². The summed E-state index contributed by atoms with van der Waals surface area (Å²) in [7, 11) is 0. The Kier molecular flexibility index (Phi) is 3.19. The molecule has 162 valence electrons. The number of nitrogens with zero attached hydrogens (tertiary/aromatic N) is 1. The zero-order valence-electron chi connectivity index (χ0n) is 19.2. The van der Waals surface area contributed by atoms with Crippen LogP contribution >= 0.6 is 0 Å². The molecule has 2 aliphatic rings. The SMILES string of the molecule is c1ccc2c(c1)Cc1c-2ccc2c3ccc4c(c3c3cc5ccccc5n3c12)-c1ccccc1C4. The fourth-order valence-electron chi connectivity index (χ4n) is 6.96. The molecule has 0 saturated carbocycles. The van der Waals surface area contributed by atoms with Gasteiger partial charge in [-0.15, -0.1) is 0 Å². The van der Waals surface area contributed by atoms with Crippen LogP contribution in [0, 0.1) is 0 Å². The molecule has 9 rings (SSSR count). The van der Waals surface area contributed by atoms with Crippen molar-refractivity contribution in [2.45, 2.75) is 12.8 Å². The highest BCUT2D eigenvalue weighted by Crippen LogP contribution is 2.48. The van der Waals surface area contributed by atoms with E-state index in [1.165, 1.54) is 82.6 Å². The summed E-state index contributed by atoms with van der Waals surface area (Å²) in [5.41, 5.74) is 15.4. The smallest absolute Gasteiger partial charge is 0.0582 e. The topological polar surface area (TPSA) is 4.41 Å². The number of aromatic nitrogens is 1. The normalized spacial score (nSPS) is 13.5. The van der Waals surface area contributed by atoms with Gasteiger partial charge in [-0.25, -0.2) is 0 Å². The molecule has 2 heterocycles. The fourth-order valence-corrected chi connectivity index (χ4v) is 6.96. The van der Waals surface area contributed by atoms with Crippen LogP contribution in [0.3, 0.4) is 0 Å². The monoisotopic (exact) mass is 443 g/mol. The average Bonchev–Trinajstić information content (AvgIpc) is 3.59. The lowest BCUT2D eigenvalue weighted by molar-refractivity contribution is 1.24. The molecular weight excluding hydrogens is 422 g/mol. The van der Waals surface area contributed by atoms with Crippen molar-refractivity contribution in [3.05, 3.63) is 125 Å². The minimum atomic E-state index is 0.990. The standard InChI is InChI=1S/C34H21N/c1-4-10-24-21(8-1)18-29-26(24)15-16-28-27-14-13-23-17-20-7-2-5-11-25(20)32(23)33(27)31-19-22-9-3-6-12-30(22)35(31)34(28)29/h1-16,19H,17-18H2. The van der Waals surface area contributed by atoms with E-state index in [4.69, 9.17) is 0 Å². The van der Waals surface area contributed by atoms with Crippen LogP contribution < -0.4 is 0 Å². The maximum Gasteiger partial charge on any atom is 0.0582 e. The third-order valence-corrected chi connectivity index (χ3v) is 8.40. The van der Waals surface area contributed by atoms with E-state index in [1.54, 1.807) is 0 Å². The zero-order chi connectivity index (χ0) is 22.7. The molecule has 0 amide bonds. The first-order valence-corrected chi connectivity index (χ1v) is 12.5. The summed E-state index contributed by atoms with van der Waals surface area (Å²) in [6.45, 7) is 0. The van der Waals surface area contributed by atoms with Gasteiger partial charge >= 0.3 is 0 Å². The second kappa shape index (κ2) is 6.20. The highest BCUT2D eigenvalue weighted by molar-refractivity contribution is 6.22. The van der Waals surface area contributed by atoms with Gasteiger partial charge in [-0.2, -0.15) is 0 Å². The Bertz CT molecular complexity index is 2050. The van der Waals surface area contributed by atoms with Crippen LogP contribution in [0.4, 0.5) is 0 Å². The Labute approximate surface area is 202 Å². The van der Waals surface area contributed by atoms with Crippen molar-refractivity contribution in [3.63, 3.8) is 0 Å². The molecule has 1 heteroatoms. The minimum Gasteiger partial charge on any atom is -0.308 e. The third-order valence-electron chi connectivity index (χ3n) is 8.40. The van der Waals surface area contributed by atoms with E-state index in [9.17, 15) is 0 Å². The molecule has 0 N–H and O–H groups in total. The molecule has 0 saturated heterocycles. The molecule has 0 radical (unpaired) electrons. The van der Waals surface area contributed by atoms with Crippen LogP contribution in [0.5, 0.6) is 0 Å². The Hall–Kier alpha value is -4.36. The average molecular weight is 444 g/mol. The second-order valence-corrected chi connectivity index (χ2v) is 10.1. The van der Waals surface area contributed by atoms with E-state index < -0.39 is 0 Å². The van der Waals surface area contributed by atoms with Gasteiger partial charge in [0.05, 0.1) is 16.6 Å². The molecular formula is C34H21N. The number of fused-ring (bicyclic) bond motifs is 16. The Morgan fingerprint density at radius 1 is 0.514 bits per heavy atom. The number of hydrogen-bond donors (Lipinski definition) is 0. The largest absolute Gasteiger partial charge is 0.308 e. The van der Waals surface area contributed by atoms with Gasteiger partial charge in [0.25, 0.3) is 0 Å². The summed E-state index contributed by atoms with van der Waals surface area (Å²) in [5, 5.41) is 5.42. The number of pyridine rings is 1. The van der Waals surface area contributed by atoms with Crippen LogP contribution in [-0.4, -0.2) is 4.40 Å². The summed E-state index contributed by atoms with van der Waals surface area (Å²) >= 11 is 0. The highest BCUT2D eigenvalue weighted by atomic mass is 14.9. The predicted molar refractivity (Wildman–Crippen MR) is 146 cm³/mol. The van der Waals surface area contributed by atoms with Crippen molar-refractivity contribution in [1.29, 1.82) is 0 Å². The molecule has 0 unspecified atom stereocenters. The van der Waals surface area contributed by atoms with Gasteiger partial charge in [0.15, 0.2) is 0 Å². The van der Waals surface area contributed by atoms with Crippen LogP contribution in [0.25, 0.3) is 60.3 Å². The quantitative estimate of drug-likeness (QED) is 0.207. The molecule has 0 bridgehead atoms. The predicted octanol–water partition coefficient (Wildman–Crippen LogP) is 8.54. The van der Waals surface area contributed by atoms with Gasteiger partial charge in [-0.05, 0) is 68.4 Å². The maximum atomic E-state index is 2.57. The molecule has 0 atom stereocenters. The van der Waals surface area contributed by atoms with Crippen molar-refractivity contribution in [3.8, 4) is 22.3 Å². The van der Waals surface area contributed by atoms with Crippen LogP contribution in [-0.2, 0) is 12.8 Å². The van der Waals surface area contributed by atoms with Gasteiger partial charge in [0, 0.05) is 22.6 Å². The number of hydrogen-bond acceptors (Lipinski definition) is 0. The molecule has 2 aliphatic carbocycles. The molecule has 35 heavy (non-hydrogen) atoms. The van der Waals surface area contributed by atoms with Crippen molar-refractivity contribution in [2.24, 2.45) is 0 Å². The second-order valence-electron chi connectivity index (χ2n) is 10.1. The van der Waals surface area contributed by atoms with Crippen LogP contribution in [0.2, 0.25) is 0 Å². The molecule has 0 spiro atoms. The third kappa shape index (κ3) is 2.15. The summed E-state index contributed by atoms with van der Waals surface area (Å²) in [4.78, 5) is 0. The van der Waals surface area contributed by atoms with E-state index in [-0.39, 0.29) is 0 Å². The lowest BCUT2D eigenvalue weighted by Crippen LogP contribution is -1.97. The molecule has 7 aromatic rings. The van der Waals surface area contributed by atoms with Gasteiger partial charge in [-0.1, -0.05) is 91.0 Å². The molecule has 0 fully saturated rings. The number of para-hydroxylation sites is 1. The minimum absolute atomic E-state index is 0.990. The van der Waals surface area contributed by atoms with Gasteiger partial charge in [-0.3, -0.25) is 0 Å². The van der Waals surface area contributed by atoms with Gasteiger partial charge < -0.3 is 4.40 Å². The van der Waals surface area contributed by atoms with Crippen molar-refractivity contribution in [2.75, 3.05) is 0 Å². The lowest BCUT2D eigenvalue weighted by Gasteiger charge is -2.17. The van der Waals surface area contributed by atoms with Crippen LogP contribution in [0.1, 0.15) is 22.3 Å². The number of rotatable bonds is 0. The van der Waals surface area contributed by atoms with Gasteiger partial charge in [0.1, 0.15) is 0 Å².